The molecule has 1 saturated carbocycles. The van der Waals surface area contributed by atoms with Crippen LogP contribution in [0, 0.1) is 12.8 Å². The van der Waals surface area contributed by atoms with Crippen molar-refractivity contribution in [2.24, 2.45) is 11.1 Å². The summed E-state index contributed by atoms with van der Waals surface area (Å²) in [5.74, 6) is 2.33. The number of hydrogen-bond acceptors (Lipinski definition) is 8. The van der Waals surface area contributed by atoms with Crippen molar-refractivity contribution in [2.45, 2.75) is 96.1 Å². The van der Waals surface area contributed by atoms with Gasteiger partial charge in [-0.3, -0.25) is 14.6 Å². The highest BCUT2D eigenvalue weighted by Gasteiger charge is 2.44. The Labute approximate surface area is 265 Å². The molecule has 1 amide bonds. The summed E-state index contributed by atoms with van der Waals surface area (Å²) in [6.07, 6.45) is 11.3. The molecule has 6 rings (SSSR count). The fourth-order valence-electron chi connectivity index (χ4n) is 6.55. The Morgan fingerprint density at radius 1 is 1.18 bits per heavy atom. The number of likely N-dealkylation sites (tertiary alicyclic amines) is 1. The molecule has 1 atom stereocenters. The van der Waals surface area contributed by atoms with Gasteiger partial charge in [0.15, 0.2) is 0 Å². The van der Waals surface area contributed by atoms with Gasteiger partial charge in [0.2, 0.25) is 0 Å². The molecule has 0 bridgehead atoms. The minimum Gasteiger partial charge on any atom is -0.496 e. The number of nitrogens with zero attached hydrogens (tertiary/aromatic N) is 4. The Balaban J connectivity index is 1.15. The topological polar surface area (TPSA) is 122 Å². The second-order valence-corrected chi connectivity index (χ2v) is 13.1. The molecule has 10 nitrogen and oxygen atoms in total. The summed E-state index contributed by atoms with van der Waals surface area (Å²) in [6.45, 7) is 7.05. The number of pyridine rings is 1. The van der Waals surface area contributed by atoms with E-state index in [1.54, 1.807) is 13.3 Å². The van der Waals surface area contributed by atoms with Crippen LogP contribution in [0.3, 0.4) is 0 Å². The number of ether oxygens (including phenoxy) is 1. The summed E-state index contributed by atoms with van der Waals surface area (Å²) in [7, 11) is 1.65. The molecule has 10 heteroatoms. The number of carbonyl (C=O) groups is 2. The normalized spacial score (nSPS) is 18.5. The van der Waals surface area contributed by atoms with Crippen LogP contribution in [0.4, 0.5) is 0 Å². The number of methoxy groups -OCH3 is 1. The van der Waals surface area contributed by atoms with Crippen LogP contribution < -0.4 is 10.1 Å². The average molecular weight is 615 g/mol. The van der Waals surface area contributed by atoms with E-state index in [4.69, 9.17) is 14.6 Å². The number of carbonyl (C=O) groups excluding carboxylic acids is 2. The summed E-state index contributed by atoms with van der Waals surface area (Å²) in [4.78, 5) is 46.7. The number of imidazole rings is 1. The summed E-state index contributed by atoms with van der Waals surface area (Å²) in [6, 6.07) is 7.70. The number of piperidine rings is 1. The molecule has 1 spiro atoms. The number of aryl methyl sites for hydroxylation is 1. The van der Waals surface area contributed by atoms with E-state index in [2.05, 4.69) is 37.5 Å². The highest BCUT2D eigenvalue weighted by molar-refractivity contribution is 6.39. The van der Waals surface area contributed by atoms with E-state index >= 15 is 0 Å². The largest absolute Gasteiger partial charge is 0.496 e. The quantitative estimate of drug-likeness (QED) is 0.212. The number of unbranched alkanes of at least 4 members (excludes halogenated alkanes) is 2. The van der Waals surface area contributed by atoms with Gasteiger partial charge in [-0.25, -0.2) is 4.98 Å². The monoisotopic (exact) mass is 614 g/mol. The van der Waals surface area contributed by atoms with Crippen LogP contribution in [0.2, 0.25) is 0 Å². The molecule has 2 N–H and O–H groups in total. The standard InChI is InChI=1S/C35H46N6O4/c1-4-26(42)8-6-5-7-9-28(39-34(43)30-20-35(45-40-30)14-16-41(17-15-35)22-24-11-12-24)33-36-21-31(38-33)27-18-25-13-10-23(2)37-29(25)19-32(27)44-3/h10,13,18-19,21,24,28H,4-9,11-12,14-17,20,22H2,1-3H3,(H,36,38)(H,39,43)/t28-/m0/s1. The van der Waals surface area contributed by atoms with Crippen molar-refractivity contribution in [1.82, 2.24) is 25.2 Å². The highest BCUT2D eigenvalue weighted by atomic mass is 16.7. The SMILES string of the molecule is CCC(=O)CCCCC[C@H](NC(=O)C1=NOC2(CCN(CC3CC3)CC2)C1)c1ncc(-c2cc3ccc(C)nc3cc2OC)[nH]1. The van der Waals surface area contributed by atoms with Gasteiger partial charge in [-0.05, 0) is 50.7 Å². The number of hydrogen-bond donors (Lipinski definition) is 2. The number of ketones is 1. The lowest BCUT2D eigenvalue weighted by atomic mass is 9.86. The fraction of sp³-hybridized carbons (Fsp3) is 0.571. The summed E-state index contributed by atoms with van der Waals surface area (Å²) in [5.41, 5.74) is 3.58. The first-order valence-corrected chi connectivity index (χ1v) is 16.7. The molecule has 1 aromatic carbocycles. The van der Waals surface area contributed by atoms with Crippen LogP contribution >= 0.6 is 0 Å². The van der Waals surface area contributed by atoms with Crippen molar-refractivity contribution in [1.29, 1.82) is 0 Å². The van der Waals surface area contributed by atoms with Crippen molar-refractivity contribution in [3.05, 3.63) is 42.0 Å². The summed E-state index contributed by atoms with van der Waals surface area (Å²) < 4.78 is 5.74. The Morgan fingerprint density at radius 2 is 2.00 bits per heavy atom. The van der Waals surface area contributed by atoms with Crippen LogP contribution in [-0.4, -0.2) is 69.6 Å². The Hall–Kier alpha value is -3.79. The lowest BCUT2D eigenvalue weighted by molar-refractivity contribution is -0.119. The van der Waals surface area contributed by atoms with Crippen LogP contribution in [0.1, 0.15) is 95.1 Å². The van der Waals surface area contributed by atoms with Crippen molar-refractivity contribution in [3.8, 4) is 17.0 Å². The van der Waals surface area contributed by atoms with E-state index in [-0.39, 0.29) is 23.3 Å². The Bertz CT molecular complexity index is 1550. The molecule has 45 heavy (non-hydrogen) atoms. The lowest BCUT2D eigenvalue weighted by Gasteiger charge is -2.37. The van der Waals surface area contributed by atoms with E-state index in [1.165, 1.54) is 19.4 Å². The van der Waals surface area contributed by atoms with E-state index in [1.807, 2.05) is 26.0 Å². The van der Waals surface area contributed by atoms with Crippen molar-refractivity contribution < 1.29 is 19.2 Å². The number of Topliss-reactive ketones (excluding diaryl/α,β-unsaturated/α-hetero) is 1. The van der Waals surface area contributed by atoms with Gasteiger partial charge in [0.25, 0.3) is 5.91 Å². The molecule has 3 aromatic rings. The number of aromatic amines is 1. The zero-order valence-electron chi connectivity index (χ0n) is 26.9. The molecule has 240 valence electrons. The van der Waals surface area contributed by atoms with E-state index in [9.17, 15) is 9.59 Å². The molecule has 1 aliphatic carbocycles. The molecule has 2 fully saturated rings. The summed E-state index contributed by atoms with van der Waals surface area (Å²) in [5, 5.41) is 8.53. The molecule has 3 aliphatic rings. The van der Waals surface area contributed by atoms with Gasteiger partial charge in [-0.2, -0.15) is 0 Å². The molecule has 4 heterocycles. The van der Waals surface area contributed by atoms with Crippen LogP contribution in [0.25, 0.3) is 22.2 Å². The van der Waals surface area contributed by atoms with Crippen molar-refractivity contribution in [2.75, 3.05) is 26.7 Å². The minimum atomic E-state index is -0.369. The zero-order chi connectivity index (χ0) is 31.4. The number of oxime groups is 1. The molecular formula is C35H46N6O4. The second-order valence-electron chi connectivity index (χ2n) is 13.1. The van der Waals surface area contributed by atoms with Crippen molar-refractivity contribution in [3.63, 3.8) is 0 Å². The van der Waals surface area contributed by atoms with Crippen molar-refractivity contribution >= 4 is 28.3 Å². The van der Waals surface area contributed by atoms with Crippen LogP contribution in [0.5, 0.6) is 5.75 Å². The third kappa shape index (κ3) is 7.54. The molecular weight excluding hydrogens is 568 g/mol. The molecule has 0 unspecified atom stereocenters. The Kier molecular flexibility index (Phi) is 9.49. The van der Waals surface area contributed by atoms with Gasteiger partial charge in [-0.15, -0.1) is 0 Å². The second kappa shape index (κ2) is 13.7. The molecule has 0 radical (unpaired) electrons. The number of fused-ring (bicyclic) bond motifs is 1. The number of rotatable bonds is 14. The van der Waals surface area contributed by atoms with Crippen LogP contribution in [0.15, 0.2) is 35.6 Å². The molecule has 1 saturated heterocycles. The van der Waals surface area contributed by atoms with E-state index in [0.29, 0.717) is 43.0 Å². The van der Waals surface area contributed by atoms with Gasteiger partial charge in [0.05, 0.1) is 30.6 Å². The first-order valence-electron chi connectivity index (χ1n) is 16.7. The predicted octanol–water partition coefficient (Wildman–Crippen LogP) is 6.05. The van der Waals surface area contributed by atoms with E-state index < -0.39 is 0 Å². The number of amides is 1. The number of nitrogens with one attached hydrogen (secondary N) is 2. The highest BCUT2D eigenvalue weighted by Crippen LogP contribution is 2.38. The minimum absolute atomic E-state index is 0.207. The third-order valence-corrected chi connectivity index (χ3v) is 9.60. The van der Waals surface area contributed by atoms with Crippen LogP contribution in [-0.2, 0) is 14.4 Å². The maximum atomic E-state index is 13.6. The number of aromatic nitrogens is 3. The maximum Gasteiger partial charge on any atom is 0.269 e. The van der Waals surface area contributed by atoms with Gasteiger partial charge in [-0.1, -0.05) is 31.0 Å². The number of H-pyrrole nitrogens is 1. The Morgan fingerprint density at radius 3 is 2.76 bits per heavy atom. The van der Waals surface area contributed by atoms with Gasteiger partial charge >= 0.3 is 0 Å². The first kappa shape index (κ1) is 31.2. The fourth-order valence-corrected chi connectivity index (χ4v) is 6.55. The third-order valence-electron chi connectivity index (χ3n) is 9.60. The smallest absolute Gasteiger partial charge is 0.269 e. The predicted molar refractivity (Wildman–Crippen MR) is 174 cm³/mol. The molecule has 2 aromatic heterocycles. The molecule has 2 aliphatic heterocycles. The van der Waals surface area contributed by atoms with Gasteiger partial charge in [0, 0.05) is 74.4 Å². The van der Waals surface area contributed by atoms with Gasteiger partial charge in [0.1, 0.15) is 28.7 Å². The zero-order valence-corrected chi connectivity index (χ0v) is 26.9. The van der Waals surface area contributed by atoms with Gasteiger partial charge < -0.3 is 24.8 Å². The number of benzene rings is 1. The summed E-state index contributed by atoms with van der Waals surface area (Å²) >= 11 is 0. The average Bonchev–Trinajstić information content (AvgIpc) is 3.56. The lowest BCUT2D eigenvalue weighted by Crippen LogP contribution is -2.46. The first-order chi connectivity index (χ1) is 21.8. The maximum absolute atomic E-state index is 13.6. The van der Waals surface area contributed by atoms with E-state index in [0.717, 1.165) is 79.0 Å².